The second kappa shape index (κ2) is 6.21. The molecule has 1 atom stereocenters. The third kappa shape index (κ3) is 3.09. The molecule has 6 N–H and O–H groups in total. The Labute approximate surface area is 132 Å². The van der Waals surface area contributed by atoms with E-state index in [1.165, 1.54) is 0 Å². The van der Waals surface area contributed by atoms with E-state index in [0.29, 0.717) is 12.1 Å². The molecule has 3 aromatic rings. The normalized spacial score (nSPS) is 12.7. The summed E-state index contributed by atoms with van der Waals surface area (Å²) >= 11 is 0. The number of aliphatic carboxylic acids is 1. The first-order chi connectivity index (χ1) is 11.1. The van der Waals surface area contributed by atoms with E-state index in [0.717, 1.165) is 47.0 Å². The van der Waals surface area contributed by atoms with Crippen molar-refractivity contribution in [3.63, 3.8) is 0 Å². The van der Waals surface area contributed by atoms with Crippen molar-refractivity contribution in [1.82, 2.24) is 15.0 Å². The fourth-order valence-electron chi connectivity index (χ4n) is 2.68. The van der Waals surface area contributed by atoms with Crippen LogP contribution in [0, 0.1) is 0 Å². The van der Waals surface area contributed by atoms with Crippen molar-refractivity contribution in [2.45, 2.75) is 31.7 Å². The fourth-order valence-corrected chi connectivity index (χ4v) is 2.68. The summed E-state index contributed by atoms with van der Waals surface area (Å²) in [6.07, 6.45) is 4.47. The SMILES string of the molecule is Nc1cc2cccnc2c2[nH]c(CCCC[C@H](N)C(=O)O)nc12. The van der Waals surface area contributed by atoms with Crippen molar-refractivity contribution in [2.75, 3.05) is 5.73 Å². The number of aromatic nitrogens is 3. The zero-order valence-electron chi connectivity index (χ0n) is 12.6. The van der Waals surface area contributed by atoms with E-state index in [1.807, 2.05) is 18.2 Å². The lowest BCUT2D eigenvalue weighted by Gasteiger charge is -2.04. The number of rotatable bonds is 6. The van der Waals surface area contributed by atoms with Gasteiger partial charge in [0.05, 0.1) is 16.7 Å². The zero-order chi connectivity index (χ0) is 16.4. The minimum Gasteiger partial charge on any atom is -0.480 e. The molecule has 7 nitrogen and oxygen atoms in total. The number of hydrogen-bond acceptors (Lipinski definition) is 5. The smallest absolute Gasteiger partial charge is 0.320 e. The van der Waals surface area contributed by atoms with Crippen LogP contribution in [0.25, 0.3) is 21.9 Å². The van der Waals surface area contributed by atoms with Gasteiger partial charge in [0.25, 0.3) is 0 Å². The molecule has 1 aromatic carbocycles. The summed E-state index contributed by atoms with van der Waals surface area (Å²) < 4.78 is 0. The second-order valence-electron chi connectivity index (χ2n) is 5.64. The van der Waals surface area contributed by atoms with Gasteiger partial charge in [0, 0.05) is 18.0 Å². The number of pyridine rings is 1. The van der Waals surface area contributed by atoms with E-state index >= 15 is 0 Å². The number of carboxylic acid groups (broad SMARTS) is 1. The predicted molar refractivity (Wildman–Crippen MR) is 89.0 cm³/mol. The summed E-state index contributed by atoms with van der Waals surface area (Å²) in [5, 5.41) is 9.73. The molecule has 0 amide bonds. The number of carbonyl (C=O) groups is 1. The van der Waals surface area contributed by atoms with Gasteiger partial charge in [-0.3, -0.25) is 9.78 Å². The molecule has 0 bridgehead atoms. The monoisotopic (exact) mass is 313 g/mol. The molecule has 0 aliphatic rings. The van der Waals surface area contributed by atoms with Crippen LogP contribution < -0.4 is 11.5 Å². The van der Waals surface area contributed by atoms with Crippen LogP contribution in [0.3, 0.4) is 0 Å². The number of nitrogen functional groups attached to an aromatic ring is 1. The molecule has 2 heterocycles. The minimum atomic E-state index is -0.959. The van der Waals surface area contributed by atoms with Crippen LogP contribution in [-0.2, 0) is 11.2 Å². The van der Waals surface area contributed by atoms with Gasteiger partial charge in [-0.2, -0.15) is 0 Å². The highest BCUT2D eigenvalue weighted by Crippen LogP contribution is 2.27. The van der Waals surface area contributed by atoms with Crippen molar-refractivity contribution >= 4 is 33.6 Å². The molecule has 0 aliphatic carbocycles. The number of benzene rings is 1. The van der Waals surface area contributed by atoms with Crippen LogP contribution in [0.5, 0.6) is 0 Å². The lowest BCUT2D eigenvalue weighted by Crippen LogP contribution is -2.29. The number of aryl methyl sites for hydroxylation is 1. The molecule has 0 radical (unpaired) electrons. The number of unbranched alkanes of at least 4 members (excludes halogenated alkanes) is 1. The summed E-state index contributed by atoms with van der Waals surface area (Å²) in [6, 6.07) is 4.92. The Hall–Kier alpha value is -2.67. The Bertz CT molecular complexity index is 858. The number of nitrogens with one attached hydrogen (secondary N) is 1. The average molecular weight is 313 g/mol. The molecular weight excluding hydrogens is 294 g/mol. The molecule has 120 valence electrons. The predicted octanol–water partition coefficient (Wildman–Crippen LogP) is 1.82. The van der Waals surface area contributed by atoms with E-state index in [4.69, 9.17) is 16.6 Å². The van der Waals surface area contributed by atoms with Crippen LogP contribution >= 0.6 is 0 Å². The third-order valence-electron chi connectivity index (χ3n) is 3.91. The lowest BCUT2D eigenvalue weighted by molar-refractivity contribution is -0.138. The third-order valence-corrected chi connectivity index (χ3v) is 3.91. The number of H-pyrrole nitrogens is 1. The second-order valence-corrected chi connectivity index (χ2v) is 5.64. The molecule has 0 unspecified atom stereocenters. The lowest BCUT2D eigenvalue weighted by atomic mass is 10.1. The molecule has 0 saturated carbocycles. The number of hydrogen-bond donors (Lipinski definition) is 4. The largest absolute Gasteiger partial charge is 0.480 e. The standard InChI is InChI=1S/C16H19N5O2/c17-10(16(22)23)5-1-2-6-12-20-14-11(18)8-9-4-3-7-19-13(9)15(14)21-12/h3-4,7-8,10H,1-2,5-6,17-18H2,(H,20,21)(H,22,23)/t10-/m0/s1. The number of carboxylic acids is 1. The molecule has 2 aromatic heterocycles. The van der Waals surface area contributed by atoms with Crippen LogP contribution in [0.4, 0.5) is 5.69 Å². The van der Waals surface area contributed by atoms with Crippen LogP contribution in [0.1, 0.15) is 25.1 Å². The van der Waals surface area contributed by atoms with Crippen LogP contribution in [0.15, 0.2) is 24.4 Å². The number of aromatic amines is 1. The Morgan fingerprint density at radius 3 is 2.96 bits per heavy atom. The Kier molecular flexibility index (Phi) is 4.12. The van der Waals surface area contributed by atoms with Crippen LogP contribution in [0.2, 0.25) is 0 Å². The van der Waals surface area contributed by atoms with Gasteiger partial charge in [-0.05, 0) is 25.0 Å². The summed E-state index contributed by atoms with van der Waals surface area (Å²) in [4.78, 5) is 22.9. The maximum absolute atomic E-state index is 10.7. The van der Waals surface area contributed by atoms with Gasteiger partial charge in [0.1, 0.15) is 17.4 Å². The summed E-state index contributed by atoms with van der Waals surface area (Å²) in [5.74, 6) is -0.132. The summed E-state index contributed by atoms with van der Waals surface area (Å²) in [7, 11) is 0. The van der Waals surface area contributed by atoms with E-state index in [1.54, 1.807) is 6.20 Å². The van der Waals surface area contributed by atoms with Gasteiger partial charge in [-0.25, -0.2) is 4.98 Å². The molecular formula is C16H19N5O2. The Morgan fingerprint density at radius 2 is 2.17 bits per heavy atom. The van der Waals surface area contributed by atoms with E-state index in [-0.39, 0.29) is 0 Å². The molecule has 23 heavy (non-hydrogen) atoms. The molecule has 7 heteroatoms. The van der Waals surface area contributed by atoms with Crippen molar-refractivity contribution in [3.05, 3.63) is 30.2 Å². The van der Waals surface area contributed by atoms with E-state index < -0.39 is 12.0 Å². The zero-order valence-corrected chi connectivity index (χ0v) is 12.6. The molecule has 3 rings (SSSR count). The highest BCUT2D eigenvalue weighted by atomic mass is 16.4. The van der Waals surface area contributed by atoms with Crippen molar-refractivity contribution in [2.24, 2.45) is 5.73 Å². The van der Waals surface area contributed by atoms with Crippen molar-refractivity contribution in [3.8, 4) is 0 Å². The average Bonchev–Trinajstić information content (AvgIpc) is 2.96. The van der Waals surface area contributed by atoms with Gasteiger partial charge in [0.15, 0.2) is 0 Å². The van der Waals surface area contributed by atoms with Crippen molar-refractivity contribution < 1.29 is 9.90 Å². The maximum Gasteiger partial charge on any atom is 0.320 e. The molecule has 0 saturated heterocycles. The Morgan fingerprint density at radius 1 is 1.35 bits per heavy atom. The highest BCUT2D eigenvalue weighted by molar-refractivity contribution is 6.07. The topological polar surface area (TPSA) is 131 Å². The maximum atomic E-state index is 10.7. The first-order valence-electron chi connectivity index (χ1n) is 7.56. The van der Waals surface area contributed by atoms with Gasteiger partial charge in [-0.15, -0.1) is 0 Å². The van der Waals surface area contributed by atoms with Crippen LogP contribution in [-0.4, -0.2) is 32.1 Å². The number of anilines is 1. The fraction of sp³-hybridized carbons (Fsp3) is 0.312. The number of nitrogens with two attached hydrogens (primary N) is 2. The quantitative estimate of drug-likeness (QED) is 0.405. The first-order valence-corrected chi connectivity index (χ1v) is 7.56. The van der Waals surface area contributed by atoms with Gasteiger partial charge >= 0.3 is 5.97 Å². The number of fused-ring (bicyclic) bond motifs is 3. The van der Waals surface area contributed by atoms with Gasteiger partial charge in [-0.1, -0.05) is 12.5 Å². The van der Waals surface area contributed by atoms with Crippen molar-refractivity contribution in [1.29, 1.82) is 0 Å². The van der Waals surface area contributed by atoms with E-state index in [9.17, 15) is 4.79 Å². The van der Waals surface area contributed by atoms with E-state index in [2.05, 4.69) is 15.0 Å². The number of imidazole rings is 1. The molecule has 0 fully saturated rings. The first kappa shape index (κ1) is 15.2. The summed E-state index contributed by atoms with van der Waals surface area (Å²) in [6.45, 7) is 0. The number of nitrogens with zero attached hydrogens (tertiary/aromatic N) is 2. The van der Waals surface area contributed by atoms with Gasteiger partial charge < -0.3 is 21.6 Å². The Balaban J connectivity index is 1.77. The summed E-state index contributed by atoms with van der Waals surface area (Å²) in [5.41, 5.74) is 14.6. The minimum absolute atomic E-state index is 0.461. The highest BCUT2D eigenvalue weighted by Gasteiger charge is 2.12. The molecule has 0 aliphatic heterocycles. The van der Waals surface area contributed by atoms with Gasteiger partial charge in [0.2, 0.25) is 0 Å². The molecule has 0 spiro atoms.